The molecule has 3 nitrogen and oxygen atoms in total. The van der Waals surface area contributed by atoms with Crippen molar-refractivity contribution in [2.24, 2.45) is 4.99 Å². The molecular weight excluding hydrogens is 363 g/mol. The number of amides is 1. The summed E-state index contributed by atoms with van der Waals surface area (Å²) in [6.45, 7) is 2.61. The van der Waals surface area contributed by atoms with Crippen LogP contribution in [0.1, 0.15) is 22.3 Å². The zero-order valence-electron chi connectivity index (χ0n) is 13.1. The molecule has 0 aromatic heterocycles. The van der Waals surface area contributed by atoms with E-state index in [1.165, 1.54) is 0 Å². The fourth-order valence-electron chi connectivity index (χ4n) is 2.35. The number of aliphatic imine (C=N–C) groups is 1. The highest BCUT2D eigenvalue weighted by molar-refractivity contribution is 8.13. The highest BCUT2D eigenvalue weighted by Gasteiger charge is 2.24. The topological polar surface area (TPSA) is 32.7 Å². The second-order valence-electron chi connectivity index (χ2n) is 5.49. The van der Waals surface area contributed by atoms with Crippen molar-refractivity contribution >= 4 is 51.7 Å². The van der Waals surface area contributed by atoms with Crippen LogP contribution in [0.2, 0.25) is 10.0 Å². The van der Waals surface area contributed by atoms with Crippen molar-refractivity contribution < 1.29 is 4.79 Å². The number of amidine groups is 1. The van der Waals surface area contributed by atoms with Gasteiger partial charge in [-0.1, -0.05) is 41.0 Å². The Labute approximate surface area is 155 Å². The molecule has 0 spiro atoms. The van der Waals surface area contributed by atoms with E-state index in [-0.39, 0.29) is 5.91 Å². The molecule has 2 aromatic rings. The number of hydrogen-bond acceptors (Lipinski definition) is 3. The number of nitrogens with zero attached hydrogens (tertiary/aromatic N) is 2. The molecule has 0 unspecified atom stereocenters. The van der Waals surface area contributed by atoms with Crippen molar-refractivity contribution in [3.8, 4) is 0 Å². The Bertz CT molecular complexity index is 790. The average Bonchev–Trinajstić information content (AvgIpc) is 2.59. The maximum Gasteiger partial charge on any atom is 0.259 e. The Balaban J connectivity index is 1.90. The van der Waals surface area contributed by atoms with Crippen LogP contribution in [-0.4, -0.2) is 28.3 Å². The van der Waals surface area contributed by atoms with Crippen LogP contribution in [-0.2, 0) is 0 Å². The zero-order valence-corrected chi connectivity index (χ0v) is 15.5. The largest absolute Gasteiger partial charge is 0.287 e. The number of thioether (sulfide) groups is 1. The van der Waals surface area contributed by atoms with Gasteiger partial charge in [-0.05, 0) is 55.3 Å². The molecule has 24 heavy (non-hydrogen) atoms. The van der Waals surface area contributed by atoms with Gasteiger partial charge in [-0.2, -0.15) is 0 Å². The first-order chi connectivity index (χ1) is 11.5. The van der Waals surface area contributed by atoms with Crippen molar-refractivity contribution in [3.05, 3.63) is 63.6 Å². The summed E-state index contributed by atoms with van der Waals surface area (Å²) < 4.78 is 0. The normalized spacial score (nSPS) is 16.5. The molecule has 1 aliphatic heterocycles. The molecule has 0 saturated carbocycles. The molecule has 2 aromatic carbocycles. The summed E-state index contributed by atoms with van der Waals surface area (Å²) in [6.07, 6.45) is 0.942. The van der Waals surface area contributed by atoms with Crippen LogP contribution in [0, 0.1) is 6.92 Å². The number of halogens is 2. The summed E-state index contributed by atoms with van der Waals surface area (Å²) in [6, 6.07) is 12.6. The van der Waals surface area contributed by atoms with Gasteiger partial charge in [-0.15, -0.1) is 0 Å². The van der Waals surface area contributed by atoms with Crippen molar-refractivity contribution in [2.75, 3.05) is 12.3 Å². The van der Waals surface area contributed by atoms with Crippen LogP contribution in [0.15, 0.2) is 47.5 Å². The SMILES string of the molecule is Cc1ccc(N=C2SCCCN2C(=O)c2ccc(Cl)cc2)cc1Cl. The molecule has 1 fully saturated rings. The Kier molecular flexibility index (Phi) is 5.49. The van der Waals surface area contributed by atoms with Crippen LogP contribution in [0.5, 0.6) is 0 Å². The lowest BCUT2D eigenvalue weighted by Gasteiger charge is -2.27. The molecule has 0 radical (unpaired) electrons. The molecule has 0 atom stereocenters. The van der Waals surface area contributed by atoms with E-state index in [0.29, 0.717) is 27.3 Å². The zero-order chi connectivity index (χ0) is 17.1. The number of benzene rings is 2. The molecule has 1 aliphatic rings. The summed E-state index contributed by atoms with van der Waals surface area (Å²) in [5.74, 6) is 0.888. The van der Waals surface area contributed by atoms with Crippen molar-refractivity contribution in [1.29, 1.82) is 0 Å². The quantitative estimate of drug-likeness (QED) is 0.684. The third kappa shape index (κ3) is 3.94. The number of rotatable bonds is 2. The van der Waals surface area contributed by atoms with Crippen LogP contribution >= 0.6 is 35.0 Å². The number of carbonyl (C=O) groups excluding carboxylic acids is 1. The summed E-state index contributed by atoms with van der Waals surface area (Å²) in [5.41, 5.74) is 2.37. The Morgan fingerprint density at radius 1 is 1.17 bits per heavy atom. The molecule has 1 heterocycles. The minimum absolute atomic E-state index is 0.0594. The molecule has 1 amide bonds. The monoisotopic (exact) mass is 378 g/mol. The number of hydrogen-bond donors (Lipinski definition) is 0. The van der Waals surface area contributed by atoms with E-state index in [1.807, 2.05) is 25.1 Å². The summed E-state index contributed by atoms with van der Waals surface area (Å²) >= 11 is 13.7. The Morgan fingerprint density at radius 2 is 1.92 bits per heavy atom. The van der Waals surface area contributed by atoms with Crippen LogP contribution in [0.3, 0.4) is 0 Å². The standard InChI is InChI=1S/C18H16Cl2N2OS/c1-12-3-8-15(11-16(12)20)21-18-22(9-2-10-24-18)17(23)13-4-6-14(19)7-5-13/h3-8,11H,2,9-10H2,1H3. The molecule has 6 heteroatoms. The Hall–Kier alpha value is -1.49. The minimum Gasteiger partial charge on any atom is -0.287 e. The van der Waals surface area contributed by atoms with Gasteiger partial charge in [0.25, 0.3) is 5.91 Å². The van der Waals surface area contributed by atoms with E-state index in [4.69, 9.17) is 23.2 Å². The molecule has 1 saturated heterocycles. The van der Waals surface area contributed by atoms with E-state index >= 15 is 0 Å². The predicted molar refractivity (Wildman–Crippen MR) is 103 cm³/mol. The third-order valence-corrected chi connectivity index (χ3v) is 5.43. The highest BCUT2D eigenvalue weighted by Crippen LogP contribution is 2.27. The molecular formula is C18H16Cl2N2OS. The van der Waals surface area contributed by atoms with Gasteiger partial charge in [0.15, 0.2) is 5.17 Å². The van der Waals surface area contributed by atoms with Gasteiger partial charge < -0.3 is 0 Å². The van der Waals surface area contributed by atoms with Crippen molar-refractivity contribution in [2.45, 2.75) is 13.3 Å². The molecule has 0 aliphatic carbocycles. The Morgan fingerprint density at radius 3 is 2.62 bits per heavy atom. The van der Waals surface area contributed by atoms with Gasteiger partial charge in [0, 0.05) is 27.9 Å². The van der Waals surface area contributed by atoms with Gasteiger partial charge in [0.1, 0.15) is 0 Å². The van der Waals surface area contributed by atoms with Crippen molar-refractivity contribution in [1.82, 2.24) is 4.90 Å². The molecule has 0 bridgehead atoms. The second kappa shape index (κ2) is 7.60. The van der Waals surface area contributed by atoms with Crippen LogP contribution < -0.4 is 0 Å². The van der Waals surface area contributed by atoms with Gasteiger partial charge >= 0.3 is 0 Å². The minimum atomic E-state index is -0.0594. The van der Waals surface area contributed by atoms with Crippen LogP contribution in [0.25, 0.3) is 0 Å². The highest BCUT2D eigenvalue weighted by atomic mass is 35.5. The lowest BCUT2D eigenvalue weighted by Crippen LogP contribution is -2.39. The summed E-state index contributed by atoms with van der Waals surface area (Å²) in [5, 5.41) is 2.00. The lowest BCUT2D eigenvalue weighted by molar-refractivity contribution is 0.0849. The number of carbonyl (C=O) groups is 1. The lowest BCUT2D eigenvalue weighted by atomic mass is 10.2. The van der Waals surface area contributed by atoms with E-state index in [0.717, 1.165) is 23.4 Å². The van der Waals surface area contributed by atoms with E-state index in [1.54, 1.807) is 40.9 Å². The van der Waals surface area contributed by atoms with E-state index < -0.39 is 0 Å². The second-order valence-corrected chi connectivity index (χ2v) is 7.40. The van der Waals surface area contributed by atoms with Crippen molar-refractivity contribution in [3.63, 3.8) is 0 Å². The van der Waals surface area contributed by atoms with Gasteiger partial charge in [0.2, 0.25) is 0 Å². The predicted octanol–water partition coefficient (Wildman–Crippen LogP) is 5.57. The van der Waals surface area contributed by atoms with Gasteiger partial charge in [-0.25, -0.2) is 4.99 Å². The van der Waals surface area contributed by atoms with Crippen LogP contribution in [0.4, 0.5) is 5.69 Å². The van der Waals surface area contributed by atoms with E-state index in [9.17, 15) is 4.79 Å². The summed E-state index contributed by atoms with van der Waals surface area (Å²) in [7, 11) is 0. The first-order valence-corrected chi connectivity index (χ1v) is 9.34. The van der Waals surface area contributed by atoms with E-state index in [2.05, 4.69) is 4.99 Å². The molecule has 3 rings (SSSR count). The fraction of sp³-hybridized carbons (Fsp3) is 0.222. The maximum atomic E-state index is 12.8. The third-order valence-electron chi connectivity index (χ3n) is 3.70. The molecule has 124 valence electrons. The number of aryl methyl sites for hydroxylation is 1. The fourth-order valence-corrected chi connectivity index (χ4v) is 3.61. The first-order valence-electron chi connectivity index (χ1n) is 7.59. The summed E-state index contributed by atoms with van der Waals surface area (Å²) in [4.78, 5) is 19.2. The first kappa shape index (κ1) is 17.3. The smallest absolute Gasteiger partial charge is 0.259 e. The average molecular weight is 379 g/mol. The maximum absolute atomic E-state index is 12.8. The van der Waals surface area contributed by atoms with Gasteiger partial charge in [0.05, 0.1) is 5.69 Å². The van der Waals surface area contributed by atoms with Gasteiger partial charge in [-0.3, -0.25) is 9.69 Å². The molecule has 0 N–H and O–H groups in total.